The van der Waals surface area contributed by atoms with Crippen molar-refractivity contribution in [3.8, 4) is 0 Å². The molecule has 0 aromatic carbocycles. The average Bonchev–Trinajstić information content (AvgIpc) is 3.43. The summed E-state index contributed by atoms with van der Waals surface area (Å²) < 4.78 is 62.1. The SMILES string of the molecule is COCCCNc1nc(C(=O)NCCOC)c(NCCCOC)nc1C(=O)CCCOC.COCCOCCCNc1nc(C(=O)NCCOCCOC)c(NCCCOCCOC)nc1C(=O)CCCOCCOC. The lowest BCUT2D eigenvalue weighted by atomic mass is 10.1. The molecule has 0 aliphatic rings. The predicted octanol–water partition coefficient (Wildman–Crippen LogP) is 2.78. The molecule has 0 unspecified atom stereocenters. The highest BCUT2D eigenvalue weighted by molar-refractivity contribution is 6.03. The van der Waals surface area contributed by atoms with Crippen LogP contribution in [0.3, 0.4) is 0 Å². The Balaban J connectivity index is 0.000000799. The first-order valence-corrected chi connectivity index (χ1v) is 25.8. The van der Waals surface area contributed by atoms with Gasteiger partial charge in [0, 0.05) is 149 Å². The second kappa shape index (κ2) is 48.5. The maximum atomic E-state index is 13.3. The van der Waals surface area contributed by atoms with Crippen molar-refractivity contribution in [2.24, 2.45) is 0 Å². The first-order chi connectivity index (χ1) is 37.2. The van der Waals surface area contributed by atoms with Crippen LogP contribution >= 0.6 is 0 Å². The van der Waals surface area contributed by atoms with E-state index in [0.717, 1.165) is 0 Å². The van der Waals surface area contributed by atoms with Crippen molar-refractivity contribution in [2.45, 2.75) is 51.4 Å². The molecule has 76 heavy (non-hydrogen) atoms. The third-order valence-corrected chi connectivity index (χ3v) is 10.2. The highest BCUT2D eigenvalue weighted by atomic mass is 16.5. The number of carbonyl (C=O) groups is 4. The molecule has 436 valence electrons. The number of methoxy groups -OCH3 is 8. The molecule has 0 radical (unpaired) electrons. The molecule has 0 aliphatic heterocycles. The highest BCUT2D eigenvalue weighted by Crippen LogP contribution is 2.22. The number of nitrogens with zero attached hydrogens (tertiary/aromatic N) is 4. The third-order valence-electron chi connectivity index (χ3n) is 10.2. The van der Waals surface area contributed by atoms with Crippen molar-refractivity contribution in [2.75, 3.05) is 223 Å². The van der Waals surface area contributed by atoms with Gasteiger partial charge in [-0.1, -0.05) is 0 Å². The molecule has 26 heteroatoms. The molecule has 0 fully saturated rings. The van der Waals surface area contributed by atoms with E-state index in [2.05, 4.69) is 51.8 Å². The summed E-state index contributed by atoms with van der Waals surface area (Å²) in [5.74, 6) is -0.233. The van der Waals surface area contributed by atoms with Gasteiger partial charge < -0.3 is 88.7 Å². The summed E-state index contributed by atoms with van der Waals surface area (Å²) in [5.41, 5.74) is 0.531. The number of hydrogen-bond acceptors (Lipinski definition) is 24. The Kier molecular flexibility index (Phi) is 44.2. The zero-order chi connectivity index (χ0) is 55.7. The molecular formula is C50H90N10O16. The predicted molar refractivity (Wildman–Crippen MR) is 287 cm³/mol. The molecule has 0 aliphatic carbocycles. The van der Waals surface area contributed by atoms with Gasteiger partial charge in [-0.2, -0.15) is 0 Å². The fourth-order valence-electron chi connectivity index (χ4n) is 6.27. The largest absolute Gasteiger partial charge is 0.385 e. The Bertz CT molecular complexity index is 1700. The van der Waals surface area contributed by atoms with Gasteiger partial charge in [-0.3, -0.25) is 19.2 Å². The molecule has 2 heterocycles. The summed E-state index contributed by atoms with van der Waals surface area (Å²) in [5, 5.41) is 18.2. The second-order valence-electron chi connectivity index (χ2n) is 16.3. The number of rotatable bonds is 50. The Morgan fingerprint density at radius 1 is 0.303 bits per heavy atom. The number of carbonyl (C=O) groups excluding carboxylic acids is 4. The van der Waals surface area contributed by atoms with E-state index in [9.17, 15) is 19.2 Å². The smallest absolute Gasteiger partial charge is 0.273 e. The fourth-order valence-corrected chi connectivity index (χ4v) is 6.27. The number of aromatic nitrogens is 4. The molecule has 0 saturated heterocycles. The number of nitrogens with one attached hydrogen (secondary N) is 6. The number of anilines is 4. The fraction of sp³-hybridized carbons (Fsp3) is 0.760. The number of amides is 2. The van der Waals surface area contributed by atoms with E-state index in [-0.39, 0.29) is 77.0 Å². The normalized spacial score (nSPS) is 10.9. The van der Waals surface area contributed by atoms with Gasteiger partial charge in [-0.25, -0.2) is 19.9 Å². The van der Waals surface area contributed by atoms with E-state index < -0.39 is 11.8 Å². The van der Waals surface area contributed by atoms with Crippen molar-refractivity contribution in [3.63, 3.8) is 0 Å². The molecule has 0 bridgehead atoms. The van der Waals surface area contributed by atoms with Crippen LogP contribution in [0.4, 0.5) is 23.3 Å². The van der Waals surface area contributed by atoms with E-state index in [1.165, 1.54) is 0 Å². The zero-order valence-electron chi connectivity index (χ0n) is 46.5. The van der Waals surface area contributed by atoms with Crippen molar-refractivity contribution in [1.29, 1.82) is 0 Å². The van der Waals surface area contributed by atoms with Crippen LogP contribution in [-0.2, 0) is 56.8 Å². The summed E-state index contributed by atoms with van der Waals surface area (Å²) in [7, 11) is 12.8. The quantitative estimate of drug-likeness (QED) is 0.0410. The summed E-state index contributed by atoms with van der Waals surface area (Å²) in [4.78, 5) is 70.4. The first kappa shape index (κ1) is 69.2. The van der Waals surface area contributed by atoms with Gasteiger partial charge in [0.25, 0.3) is 11.8 Å². The molecule has 2 aromatic rings. The van der Waals surface area contributed by atoms with Crippen LogP contribution in [-0.4, -0.2) is 245 Å². The Morgan fingerprint density at radius 3 is 0.947 bits per heavy atom. The van der Waals surface area contributed by atoms with Gasteiger partial charge in [0.1, 0.15) is 0 Å². The van der Waals surface area contributed by atoms with E-state index in [1.807, 2.05) is 0 Å². The number of ketones is 2. The van der Waals surface area contributed by atoms with Gasteiger partial charge in [0.15, 0.2) is 57.6 Å². The molecular weight excluding hydrogens is 997 g/mol. The third kappa shape index (κ3) is 32.7. The van der Waals surface area contributed by atoms with Gasteiger partial charge in [-0.15, -0.1) is 0 Å². The minimum atomic E-state index is -0.442. The molecule has 6 N–H and O–H groups in total. The lowest BCUT2D eigenvalue weighted by molar-refractivity contribution is 0.0669. The van der Waals surface area contributed by atoms with Crippen LogP contribution < -0.4 is 31.9 Å². The van der Waals surface area contributed by atoms with Crippen molar-refractivity contribution < 1.29 is 76.0 Å². The van der Waals surface area contributed by atoms with Crippen molar-refractivity contribution >= 4 is 46.7 Å². The Hall–Kier alpha value is -4.84. The van der Waals surface area contributed by atoms with Gasteiger partial charge in [0.2, 0.25) is 0 Å². The maximum Gasteiger partial charge on any atom is 0.273 e. The molecule has 2 amide bonds. The van der Waals surface area contributed by atoms with Crippen LogP contribution in [0.5, 0.6) is 0 Å². The van der Waals surface area contributed by atoms with E-state index in [4.69, 9.17) is 56.8 Å². The minimum absolute atomic E-state index is 0.0699. The van der Waals surface area contributed by atoms with Crippen molar-refractivity contribution in [3.05, 3.63) is 22.8 Å². The standard InChI is InChI=1S/C29H53N5O10.C21H37N5O6/c1-37-16-20-41-12-5-8-24(35)25-27(30-9-6-13-42-21-17-38-2)34-26(29(36)32-11-15-44-23-19-40-4)28(33-25)31-10-7-14-43-22-18-39-3;1-29-12-5-8-16(27)17-19(22-9-6-13-30-2)26-18(21(28)24-11-15-32-4)20(25-17)23-10-7-14-31-3/h5-23H2,1-4H3,(H,30,34)(H,31,33)(H,32,36);5-15H2,1-4H3,(H,22,26)(H,23,25)(H,24,28). The van der Waals surface area contributed by atoms with Crippen LogP contribution in [0.2, 0.25) is 0 Å². The molecule has 26 nitrogen and oxygen atoms in total. The molecule has 0 spiro atoms. The van der Waals surface area contributed by atoms with Crippen LogP contribution in [0, 0.1) is 0 Å². The van der Waals surface area contributed by atoms with Crippen molar-refractivity contribution in [1.82, 2.24) is 30.6 Å². The molecule has 0 saturated carbocycles. The number of hydrogen-bond donors (Lipinski definition) is 6. The van der Waals surface area contributed by atoms with Gasteiger partial charge in [0.05, 0.1) is 66.1 Å². The summed E-state index contributed by atoms with van der Waals surface area (Å²) >= 11 is 0. The Labute approximate surface area is 449 Å². The maximum absolute atomic E-state index is 13.3. The molecule has 0 atom stereocenters. The Morgan fingerprint density at radius 2 is 0.579 bits per heavy atom. The molecule has 2 rings (SSSR count). The summed E-state index contributed by atoms with van der Waals surface area (Å²) in [6.07, 6.45) is 4.24. The van der Waals surface area contributed by atoms with E-state index in [1.54, 1.807) is 56.9 Å². The second-order valence-corrected chi connectivity index (χ2v) is 16.3. The number of ether oxygens (including phenoxy) is 12. The highest BCUT2D eigenvalue weighted by Gasteiger charge is 2.25. The summed E-state index contributed by atoms with van der Waals surface area (Å²) in [6, 6.07) is 0. The topological polar surface area (TPSA) is 303 Å². The van der Waals surface area contributed by atoms with Crippen LogP contribution in [0.25, 0.3) is 0 Å². The average molecular weight is 1090 g/mol. The first-order valence-electron chi connectivity index (χ1n) is 25.8. The van der Waals surface area contributed by atoms with E-state index in [0.29, 0.717) is 177 Å². The lowest BCUT2D eigenvalue weighted by Crippen LogP contribution is -2.30. The van der Waals surface area contributed by atoms with E-state index >= 15 is 0 Å². The molecule has 2 aromatic heterocycles. The van der Waals surface area contributed by atoms with Gasteiger partial charge >= 0.3 is 0 Å². The van der Waals surface area contributed by atoms with Gasteiger partial charge in [-0.05, 0) is 38.5 Å². The van der Waals surface area contributed by atoms with Crippen LogP contribution in [0.1, 0.15) is 93.3 Å². The monoisotopic (exact) mass is 1090 g/mol. The van der Waals surface area contributed by atoms with Crippen LogP contribution in [0.15, 0.2) is 0 Å². The minimum Gasteiger partial charge on any atom is -0.385 e. The summed E-state index contributed by atoms with van der Waals surface area (Å²) in [6.45, 7) is 10.0. The zero-order valence-corrected chi connectivity index (χ0v) is 46.5. The number of Topliss-reactive ketones (excluding diaryl/α,β-unsaturated/α-hetero) is 2. The lowest BCUT2D eigenvalue weighted by Gasteiger charge is -2.16.